The van der Waals surface area contributed by atoms with Crippen LogP contribution in [0, 0.1) is 0 Å². The van der Waals surface area contributed by atoms with Crippen molar-refractivity contribution in [1.29, 1.82) is 0 Å². The summed E-state index contributed by atoms with van der Waals surface area (Å²) in [6.45, 7) is 5.75. The van der Waals surface area contributed by atoms with Gasteiger partial charge in [-0.05, 0) is 37.8 Å². The first-order valence-electron chi connectivity index (χ1n) is 11.0. The molecule has 1 aromatic carbocycles. The Morgan fingerprint density at radius 2 is 1.97 bits per heavy atom. The van der Waals surface area contributed by atoms with Crippen molar-refractivity contribution in [2.75, 3.05) is 65.2 Å². The number of fused-ring (bicyclic) bond motifs is 1. The van der Waals surface area contributed by atoms with Gasteiger partial charge in [-0.2, -0.15) is 0 Å². The summed E-state index contributed by atoms with van der Waals surface area (Å²) < 4.78 is 27.9. The topological polar surface area (TPSA) is 82.6 Å². The van der Waals surface area contributed by atoms with Crippen molar-refractivity contribution >= 4 is 35.6 Å². The highest BCUT2D eigenvalue weighted by Crippen LogP contribution is 2.32. The molecular formula is C22H36IN3O5. The summed E-state index contributed by atoms with van der Waals surface area (Å²) in [6, 6.07) is 5.87. The lowest BCUT2D eigenvalue weighted by molar-refractivity contribution is 0.0168. The number of guanidine groups is 1. The summed E-state index contributed by atoms with van der Waals surface area (Å²) in [6.07, 6.45) is 5.18. The summed E-state index contributed by atoms with van der Waals surface area (Å²) in [5, 5.41) is 6.74. The number of hydrogen-bond acceptors (Lipinski definition) is 6. The van der Waals surface area contributed by atoms with Crippen LogP contribution in [0.25, 0.3) is 0 Å². The Kier molecular flexibility index (Phi) is 13.0. The van der Waals surface area contributed by atoms with Crippen LogP contribution in [0.3, 0.4) is 0 Å². The summed E-state index contributed by atoms with van der Waals surface area (Å²) in [4.78, 5) is 4.65. The Morgan fingerprint density at radius 3 is 2.77 bits per heavy atom. The first-order chi connectivity index (χ1) is 14.8. The molecule has 2 heterocycles. The molecule has 1 saturated heterocycles. The maximum Gasteiger partial charge on any atom is 0.195 e. The molecule has 2 aliphatic rings. The van der Waals surface area contributed by atoms with Crippen LogP contribution >= 0.6 is 24.0 Å². The van der Waals surface area contributed by atoms with Crippen molar-refractivity contribution < 1.29 is 23.7 Å². The maximum atomic E-state index is 5.78. The summed E-state index contributed by atoms with van der Waals surface area (Å²) in [5.74, 6) is 2.28. The van der Waals surface area contributed by atoms with Crippen molar-refractivity contribution in [1.82, 2.24) is 5.32 Å². The second-order valence-corrected chi connectivity index (χ2v) is 7.40. The van der Waals surface area contributed by atoms with Crippen LogP contribution in [0.4, 0.5) is 5.69 Å². The van der Waals surface area contributed by atoms with E-state index >= 15 is 0 Å². The Balaban J connectivity index is 0.00000341. The Hall–Kier alpha value is -1.30. The lowest BCUT2D eigenvalue weighted by Gasteiger charge is -2.15. The smallest absolute Gasteiger partial charge is 0.195 e. The quantitative estimate of drug-likeness (QED) is 0.190. The summed E-state index contributed by atoms with van der Waals surface area (Å²) >= 11 is 0. The fourth-order valence-electron chi connectivity index (χ4n) is 3.29. The lowest BCUT2D eigenvalue weighted by Crippen LogP contribution is -2.32. The number of aliphatic imine (C=N–C) groups is 1. The van der Waals surface area contributed by atoms with Crippen LogP contribution in [-0.4, -0.2) is 71.9 Å². The third-order valence-corrected chi connectivity index (χ3v) is 4.87. The van der Waals surface area contributed by atoms with Gasteiger partial charge < -0.3 is 34.3 Å². The minimum absolute atomic E-state index is 0. The first-order valence-corrected chi connectivity index (χ1v) is 11.0. The van der Waals surface area contributed by atoms with Crippen LogP contribution in [0.15, 0.2) is 23.2 Å². The molecule has 0 saturated carbocycles. The number of nitrogens with one attached hydrogen (secondary N) is 2. The normalized spacial score (nSPS) is 18.2. The van der Waals surface area contributed by atoms with Crippen LogP contribution in [0.1, 0.15) is 32.1 Å². The van der Waals surface area contributed by atoms with Crippen molar-refractivity contribution in [2.45, 2.75) is 38.2 Å². The van der Waals surface area contributed by atoms with Gasteiger partial charge in [0.1, 0.15) is 0 Å². The number of anilines is 1. The average molecular weight is 549 g/mol. The Bertz CT molecular complexity index is 656. The van der Waals surface area contributed by atoms with E-state index in [1.807, 2.05) is 18.2 Å². The zero-order valence-corrected chi connectivity index (χ0v) is 20.7. The third-order valence-electron chi connectivity index (χ3n) is 4.87. The number of rotatable bonds is 11. The van der Waals surface area contributed by atoms with Gasteiger partial charge in [0.15, 0.2) is 17.5 Å². The molecule has 1 atom stereocenters. The van der Waals surface area contributed by atoms with Crippen LogP contribution < -0.4 is 20.1 Å². The second-order valence-electron chi connectivity index (χ2n) is 7.40. The fraction of sp³-hybridized carbons (Fsp3) is 0.682. The predicted molar refractivity (Wildman–Crippen MR) is 132 cm³/mol. The van der Waals surface area contributed by atoms with Gasteiger partial charge in [0, 0.05) is 58.2 Å². The van der Waals surface area contributed by atoms with Gasteiger partial charge in [0.25, 0.3) is 0 Å². The first kappa shape index (κ1) is 26.0. The molecular weight excluding hydrogens is 513 g/mol. The maximum absolute atomic E-state index is 5.78. The highest BCUT2D eigenvalue weighted by molar-refractivity contribution is 14.0. The second kappa shape index (κ2) is 15.5. The number of hydrogen-bond donors (Lipinski definition) is 2. The minimum atomic E-state index is 0. The molecule has 3 rings (SSSR count). The predicted octanol–water partition coefficient (Wildman–Crippen LogP) is 3.45. The highest BCUT2D eigenvalue weighted by Gasteiger charge is 2.15. The molecule has 0 bridgehead atoms. The number of nitrogens with zero attached hydrogens (tertiary/aromatic N) is 1. The molecule has 2 N–H and O–H groups in total. The van der Waals surface area contributed by atoms with E-state index in [1.165, 1.54) is 0 Å². The molecule has 9 heteroatoms. The van der Waals surface area contributed by atoms with Gasteiger partial charge >= 0.3 is 0 Å². The van der Waals surface area contributed by atoms with E-state index in [-0.39, 0.29) is 30.1 Å². The van der Waals surface area contributed by atoms with Gasteiger partial charge in [0.2, 0.25) is 0 Å². The zero-order valence-electron chi connectivity index (χ0n) is 18.4. The number of ether oxygens (including phenoxy) is 5. The number of halogens is 1. The van der Waals surface area contributed by atoms with Crippen LogP contribution in [-0.2, 0) is 14.2 Å². The van der Waals surface area contributed by atoms with E-state index in [1.54, 1.807) is 7.11 Å². The molecule has 1 aromatic rings. The molecule has 2 aliphatic heterocycles. The molecule has 1 fully saturated rings. The molecule has 0 spiro atoms. The van der Waals surface area contributed by atoms with Gasteiger partial charge in [-0.25, -0.2) is 0 Å². The largest absolute Gasteiger partial charge is 0.490 e. The molecule has 1 unspecified atom stereocenters. The Morgan fingerprint density at radius 1 is 1.10 bits per heavy atom. The van der Waals surface area contributed by atoms with Gasteiger partial charge in [-0.3, -0.25) is 4.99 Å². The van der Waals surface area contributed by atoms with Gasteiger partial charge in [-0.1, -0.05) is 0 Å². The molecule has 0 radical (unpaired) electrons. The monoisotopic (exact) mass is 549 g/mol. The summed E-state index contributed by atoms with van der Waals surface area (Å²) in [7, 11) is 1.70. The van der Waals surface area contributed by atoms with E-state index < -0.39 is 0 Å². The van der Waals surface area contributed by atoms with E-state index in [9.17, 15) is 0 Å². The lowest BCUT2D eigenvalue weighted by atomic mass is 10.2. The molecule has 0 aliphatic carbocycles. The van der Waals surface area contributed by atoms with E-state index in [4.69, 9.17) is 23.7 Å². The van der Waals surface area contributed by atoms with Crippen LogP contribution in [0.5, 0.6) is 11.5 Å². The number of methoxy groups -OCH3 is 1. The summed E-state index contributed by atoms with van der Waals surface area (Å²) in [5.41, 5.74) is 0.909. The van der Waals surface area contributed by atoms with Gasteiger partial charge in [0.05, 0.1) is 25.9 Å². The molecule has 176 valence electrons. The number of benzene rings is 1. The van der Waals surface area contributed by atoms with Crippen molar-refractivity contribution in [2.24, 2.45) is 4.99 Å². The van der Waals surface area contributed by atoms with Crippen LogP contribution in [0.2, 0.25) is 0 Å². The van der Waals surface area contributed by atoms with E-state index in [0.29, 0.717) is 39.6 Å². The molecule has 0 amide bonds. The minimum Gasteiger partial charge on any atom is -0.490 e. The van der Waals surface area contributed by atoms with Gasteiger partial charge in [-0.15, -0.1) is 24.0 Å². The molecule has 8 nitrogen and oxygen atoms in total. The van der Waals surface area contributed by atoms with E-state index in [0.717, 1.165) is 68.4 Å². The highest BCUT2D eigenvalue weighted by atomic mass is 127. The fourth-order valence-corrected chi connectivity index (χ4v) is 3.29. The van der Waals surface area contributed by atoms with Crippen molar-refractivity contribution in [3.8, 4) is 11.5 Å². The Labute approximate surface area is 202 Å². The van der Waals surface area contributed by atoms with E-state index in [2.05, 4.69) is 15.6 Å². The molecule has 31 heavy (non-hydrogen) atoms. The van der Waals surface area contributed by atoms with Crippen molar-refractivity contribution in [3.63, 3.8) is 0 Å². The zero-order chi connectivity index (χ0) is 20.9. The third kappa shape index (κ3) is 9.80. The standard InChI is InChI=1S/C22H35N3O5.HI/c1-26-11-3-9-23-22(24-10-4-12-27-17-19-6-2-13-28-19)25-18-7-8-20-21(16-18)30-15-5-14-29-20;/h7-8,16,19H,2-6,9-15,17H2,1H3,(H2,23,24,25);1H. The SMILES string of the molecule is COCCCN=C(NCCCOCC1CCCO1)Nc1ccc2c(c1)OCCCO2.I. The average Bonchev–Trinajstić information content (AvgIpc) is 3.17. The molecule has 0 aromatic heterocycles. The van der Waals surface area contributed by atoms with Crippen molar-refractivity contribution in [3.05, 3.63) is 18.2 Å².